The largest absolute Gasteiger partial charge is 0.357 e. The standard InChI is InChI=1S/C28H32N2O2S/c1-21-13-15-25(16-14-21)33-18-17-27(31)30(20-24-12-8-7-9-22(24)2)26(28(32)29-3)19-23-10-5-4-6-11-23/h4-16,26H,17-20H2,1-3H3,(H,29,32)/t26-/m1/s1. The molecule has 0 heterocycles. The summed E-state index contributed by atoms with van der Waals surface area (Å²) >= 11 is 1.67. The molecule has 0 spiro atoms. The fourth-order valence-corrected chi connectivity index (χ4v) is 4.57. The van der Waals surface area contributed by atoms with Crippen LogP contribution in [0.15, 0.2) is 83.8 Å². The van der Waals surface area contributed by atoms with Gasteiger partial charge in [0.1, 0.15) is 6.04 Å². The highest BCUT2D eigenvalue weighted by molar-refractivity contribution is 7.99. The number of likely N-dealkylation sites (N-methyl/N-ethyl adjacent to an activating group) is 1. The number of hydrogen-bond acceptors (Lipinski definition) is 3. The third-order valence-corrected chi connectivity index (χ3v) is 6.74. The van der Waals surface area contributed by atoms with Crippen LogP contribution in [0.1, 0.15) is 28.7 Å². The van der Waals surface area contributed by atoms with Gasteiger partial charge in [-0.2, -0.15) is 0 Å². The topological polar surface area (TPSA) is 49.4 Å². The molecule has 3 aromatic carbocycles. The average molecular weight is 461 g/mol. The smallest absolute Gasteiger partial charge is 0.242 e. The lowest BCUT2D eigenvalue weighted by Crippen LogP contribution is -2.49. The van der Waals surface area contributed by atoms with E-state index in [-0.39, 0.29) is 11.8 Å². The van der Waals surface area contributed by atoms with Crippen molar-refractivity contribution in [3.05, 3.63) is 101 Å². The molecule has 4 nitrogen and oxygen atoms in total. The van der Waals surface area contributed by atoms with Gasteiger partial charge in [-0.3, -0.25) is 9.59 Å². The Labute approximate surface area is 201 Å². The molecule has 0 radical (unpaired) electrons. The maximum Gasteiger partial charge on any atom is 0.242 e. The summed E-state index contributed by atoms with van der Waals surface area (Å²) in [6.07, 6.45) is 0.843. The average Bonchev–Trinajstić information content (AvgIpc) is 2.83. The van der Waals surface area contributed by atoms with Crippen LogP contribution in [-0.4, -0.2) is 35.6 Å². The van der Waals surface area contributed by atoms with E-state index in [9.17, 15) is 9.59 Å². The van der Waals surface area contributed by atoms with Gasteiger partial charge in [0.25, 0.3) is 0 Å². The van der Waals surface area contributed by atoms with E-state index < -0.39 is 6.04 Å². The fraction of sp³-hybridized carbons (Fsp3) is 0.286. The molecule has 3 rings (SSSR count). The molecule has 2 amide bonds. The highest BCUT2D eigenvalue weighted by Gasteiger charge is 2.29. The summed E-state index contributed by atoms with van der Waals surface area (Å²) in [7, 11) is 1.63. The Hall–Kier alpha value is -3.05. The summed E-state index contributed by atoms with van der Waals surface area (Å²) in [4.78, 5) is 29.3. The van der Waals surface area contributed by atoms with Crippen molar-refractivity contribution in [1.29, 1.82) is 0 Å². The molecule has 0 unspecified atom stereocenters. The van der Waals surface area contributed by atoms with E-state index in [1.807, 2.05) is 61.5 Å². The third-order valence-electron chi connectivity index (χ3n) is 5.73. The van der Waals surface area contributed by atoms with E-state index in [1.165, 1.54) is 5.56 Å². The number of carbonyl (C=O) groups excluding carboxylic acids is 2. The van der Waals surface area contributed by atoms with Crippen LogP contribution in [0.5, 0.6) is 0 Å². The Kier molecular flexibility index (Phi) is 9.14. The van der Waals surface area contributed by atoms with Crippen molar-refractivity contribution in [2.24, 2.45) is 0 Å². The summed E-state index contributed by atoms with van der Waals surface area (Å²) in [6, 6.07) is 25.7. The molecule has 172 valence electrons. The molecular formula is C28H32N2O2S. The SMILES string of the molecule is CNC(=O)[C@@H](Cc1ccccc1)N(Cc1ccccc1C)C(=O)CCSc1ccc(C)cc1. The van der Waals surface area contributed by atoms with Gasteiger partial charge in [-0.1, -0.05) is 72.3 Å². The maximum absolute atomic E-state index is 13.5. The van der Waals surface area contributed by atoms with Crippen LogP contribution in [0.25, 0.3) is 0 Å². The molecule has 0 aliphatic rings. The molecule has 0 saturated carbocycles. The number of nitrogens with zero attached hydrogens (tertiary/aromatic N) is 1. The van der Waals surface area contributed by atoms with Crippen LogP contribution in [0.4, 0.5) is 0 Å². The van der Waals surface area contributed by atoms with Crippen LogP contribution in [-0.2, 0) is 22.6 Å². The van der Waals surface area contributed by atoms with Crippen molar-refractivity contribution < 1.29 is 9.59 Å². The Morgan fingerprint density at radius 2 is 1.58 bits per heavy atom. The molecular weight excluding hydrogens is 428 g/mol. The number of aryl methyl sites for hydroxylation is 2. The van der Waals surface area contributed by atoms with E-state index in [2.05, 4.69) is 36.5 Å². The van der Waals surface area contributed by atoms with Crippen LogP contribution in [0, 0.1) is 13.8 Å². The molecule has 1 atom stereocenters. The first-order valence-corrected chi connectivity index (χ1v) is 12.3. The Bertz CT molecular complexity index is 1050. The minimum absolute atomic E-state index is 0.0117. The molecule has 0 saturated heterocycles. The molecule has 0 fully saturated rings. The summed E-state index contributed by atoms with van der Waals surface area (Å²) in [5.74, 6) is 0.507. The minimum atomic E-state index is -0.575. The van der Waals surface area contributed by atoms with Gasteiger partial charge in [0, 0.05) is 37.1 Å². The van der Waals surface area contributed by atoms with Gasteiger partial charge in [-0.05, 0) is 42.7 Å². The lowest BCUT2D eigenvalue weighted by molar-refractivity contribution is -0.140. The first kappa shape index (κ1) is 24.6. The monoisotopic (exact) mass is 460 g/mol. The molecule has 0 aliphatic heterocycles. The number of carbonyl (C=O) groups is 2. The Morgan fingerprint density at radius 3 is 2.24 bits per heavy atom. The molecule has 0 aromatic heterocycles. The van der Waals surface area contributed by atoms with E-state index in [1.54, 1.807) is 23.7 Å². The van der Waals surface area contributed by atoms with Crippen LogP contribution in [0.2, 0.25) is 0 Å². The second-order valence-electron chi connectivity index (χ2n) is 8.18. The van der Waals surface area contributed by atoms with Gasteiger partial charge in [-0.25, -0.2) is 0 Å². The summed E-state index contributed by atoms with van der Waals surface area (Å²) in [5.41, 5.74) is 4.41. The lowest BCUT2D eigenvalue weighted by Gasteiger charge is -2.31. The lowest BCUT2D eigenvalue weighted by atomic mass is 10.0. The number of nitrogens with one attached hydrogen (secondary N) is 1. The summed E-state index contributed by atoms with van der Waals surface area (Å²) in [5, 5.41) is 2.77. The highest BCUT2D eigenvalue weighted by atomic mass is 32.2. The summed E-state index contributed by atoms with van der Waals surface area (Å²) in [6.45, 7) is 4.51. The molecule has 0 bridgehead atoms. The first-order valence-electron chi connectivity index (χ1n) is 11.3. The number of hydrogen-bond donors (Lipinski definition) is 1. The number of benzene rings is 3. The number of rotatable bonds is 10. The molecule has 33 heavy (non-hydrogen) atoms. The highest BCUT2D eigenvalue weighted by Crippen LogP contribution is 2.22. The van der Waals surface area contributed by atoms with E-state index in [0.29, 0.717) is 25.1 Å². The van der Waals surface area contributed by atoms with E-state index >= 15 is 0 Å². The Morgan fingerprint density at radius 1 is 0.909 bits per heavy atom. The second kappa shape index (κ2) is 12.3. The number of thioether (sulfide) groups is 1. The first-order chi connectivity index (χ1) is 16.0. The molecule has 3 aromatic rings. The predicted molar refractivity (Wildman–Crippen MR) is 136 cm³/mol. The van der Waals surface area contributed by atoms with E-state index in [0.717, 1.165) is 21.6 Å². The van der Waals surface area contributed by atoms with Crippen LogP contribution < -0.4 is 5.32 Å². The van der Waals surface area contributed by atoms with Gasteiger partial charge in [0.2, 0.25) is 11.8 Å². The van der Waals surface area contributed by atoms with Crippen molar-refractivity contribution in [2.45, 2.75) is 44.2 Å². The normalized spacial score (nSPS) is 11.6. The fourth-order valence-electron chi connectivity index (χ4n) is 3.73. The second-order valence-corrected chi connectivity index (χ2v) is 9.35. The van der Waals surface area contributed by atoms with Crippen LogP contribution >= 0.6 is 11.8 Å². The Balaban J connectivity index is 1.81. The zero-order valence-corrected chi connectivity index (χ0v) is 20.4. The summed E-state index contributed by atoms with van der Waals surface area (Å²) < 4.78 is 0. The zero-order valence-electron chi connectivity index (χ0n) is 19.6. The van der Waals surface area contributed by atoms with Crippen molar-refractivity contribution in [1.82, 2.24) is 10.2 Å². The van der Waals surface area contributed by atoms with Crippen LogP contribution in [0.3, 0.4) is 0 Å². The molecule has 0 aliphatic carbocycles. The zero-order chi connectivity index (χ0) is 23.6. The molecule has 1 N–H and O–H groups in total. The van der Waals surface area contributed by atoms with Gasteiger partial charge in [0.05, 0.1) is 0 Å². The minimum Gasteiger partial charge on any atom is -0.357 e. The number of amides is 2. The van der Waals surface area contributed by atoms with Gasteiger partial charge < -0.3 is 10.2 Å². The van der Waals surface area contributed by atoms with Gasteiger partial charge in [0.15, 0.2) is 0 Å². The van der Waals surface area contributed by atoms with Crippen molar-refractivity contribution in [3.8, 4) is 0 Å². The quantitative estimate of drug-likeness (QED) is 0.425. The third kappa shape index (κ3) is 7.22. The molecule has 5 heteroatoms. The van der Waals surface area contributed by atoms with Gasteiger partial charge >= 0.3 is 0 Å². The van der Waals surface area contributed by atoms with E-state index in [4.69, 9.17) is 0 Å². The van der Waals surface area contributed by atoms with Crippen molar-refractivity contribution in [2.75, 3.05) is 12.8 Å². The van der Waals surface area contributed by atoms with Crippen molar-refractivity contribution in [3.63, 3.8) is 0 Å². The maximum atomic E-state index is 13.5. The van der Waals surface area contributed by atoms with Gasteiger partial charge in [-0.15, -0.1) is 11.8 Å². The predicted octanol–water partition coefficient (Wildman–Crippen LogP) is 5.17. The van der Waals surface area contributed by atoms with Crippen molar-refractivity contribution >= 4 is 23.6 Å².